The van der Waals surface area contributed by atoms with Gasteiger partial charge >= 0.3 is 0 Å². The lowest BCUT2D eigenvalue weighted by molar-refractivity contribution is -0.132. The lowest BCUT2D eigenvalue weighted by atomic mass is 9.96. The molecule has 2 aliphatic heterocycles. The molecular formula is C29H33FN6O3. The standard InChI is InChI=1S/C29H33FN6O3/c1-29(28(39)31-17-20-8-10-22(30)11-9-20)19-36-25(27(38)34(29)2)16-24(33-36)26(37)32-23-12-14-35(15-13-23)18-21-6-4-3-5-7-21/h3-11,16,23H,12-15,17-19H2,1-2H3,(H,31,39)(H,32,37)/t29-/m1/s1. The average molecular weight is 533 g/mol. The molecule has 2 aliphatic rings. The lowest BCUT2D eigenvalue weighted by Gasteiger charge is -2.40. The zero-order chi connectivity index (χ0) is 27.6. The maximum Gasteiger partial charge on any atom is 0.272 e. The van der Waals surface area contributed by atoms with Crippen molar-refractivity contribution in [3.8, 4) is 0 Å². The second-order valence-electron chi connectivity index (χ2n) is 10.5. The smallest absolute Gasteiger partial charge is 0.272 e. The molecule has 3 amide bonds. The molecule has 1 saturated heterocycles. The van der Waals surface area contributed by atoms with E-state index in [9.17, 15) is 18.8 Å². The van der Waals surface area contributed by atoms with Crippen LogP contribution in [0.15, 0.2) is 60.7 Å². The molecule has 0 aliphatic carbocycles. The summed E-state index contributed by atoms with van der Waals surface area (Å²) in [6, 6.07) is 17.7. The van der Waals surface area contributed by atoms with Crippen LogP contribution < -0.4 is 10.6 Å². The van der Waals surface area contributed by atoms with Crippen molar-refractivity contribution in [3.63, 3.8) is 0 Å². The Balaban J connectivity index is 1.19. The van der Waals surface area contributed by atoms with Gasteiger partial charge in [-0.05, 0) is 43.0 Å². The summed E-state index contributed by atoms with van der Waals surface area (Å²) in [5.74, 6) is -1.43. The topological polar surface area (TPSA) is 99.6 Å². The number of carbonyl (C=O) groups is 3. The first-order chi connectivity index (χ1) is 18.7. The maximum absolute atomic E-state index is 13.2. The number of halogens is 1. The summed E-state index contributed by atoms with van der Waals surface area (Å²) in [7, 11) is 1.57. The van der Waals surface area contributed by atoms with E-state index in [2.05, 4.69) is 32.8 Å². The molecule has 0 radical (unpaired) electrons. The van der Waals surface area contributed by atoms with Gasteiger partial charge in [-0.1, -0.05) is 42.5 Å². The number of hydrogen-bond acceptors (Lipinski definition) is 5. The van der Waals surface area contributed by atoms with E-state index in [1.807, 2.05) is 18.2 Å². The molecule has 5 rings (SSSR count). The van der Waals surface area contributed by atoms with E-state index in [0.717, 1.165) is 38.0 Å². The molecule has 1 aromatic heterocycles. The molecule has 0 unspecified atom stereocenters. The number of benzene rings is 2. The Kier molecular flexibility index (Phi) is 7.47. The highest BCUT2D eigenvalue weighted by Crippen LogP contribution is 2.26. The third-order valence-electron chi connectivity index (χ3n) is 7.76. The molecule has 1 atom stereocenters. The predicted octanol–water partition coefficient (Wildman–Crippen LogP) is 2.58. The maximum atomic E-state index is 13.2. The number of nitrogens with zero attached hydrogens (tertiary/aromatic N) is 4. The minimum atomic E-state index is -1.21. The van der Waals surface area contributed by atoms with Gasteiger partial charge in [0, 0.05) is 45.3 Å². The van der Waals surface area contributed by atoms with Crippen LogP contribution in [0.5, 0.6) is 0 Å². The number of aromatic nitrogens is 2. The van der Waals surface area contributed by atoms with Gasteiger partial charge in [0.05, 0.1) is 6.54 Å². The Hall–Kier alpha value is -4.05. The summed E-state index contributed by atoms with van der Waals surface area (Å²) >= 11 is 0. The van der Waals surface area contributed by atoms with Crippen molar-refractivity contribution >= 4 is 17.7 Å². The summed E-state index contributed by atoms with van der Waals surface area (Å²) < 4.78 is 14.6. The van der Waals surface area contributed by atoms with Crippen LogP contribution in [-0.2, 0) is 24.4 Å². The average Bonchev–Trinajstić information content (AvgIpc) is 3.37. The van der Waals surface area contributed by atoms with Gasteiger partial charge in [0.15, 0.2) is 5.69 Å². The fourth-order valence-electron chi connectivity index (χ4n) is 5.15. The third-order valence-corrected chi connectivity index (χ3v) is 7.76. The van der Waals surface area contributed by atoms with Crippen molar-refractivity contribution in [2.24, 2.45) is 0 Å². The van der Waals surface area contributed by atoms with E-state index < -0.39 is 5.54 Å². The SMILES string of the molecule is CN1C(=O)c2cc(C(=O)NC3CCN(Cc4ccccc4)CC3)nn2C[C@]1(C)C(=O)NCc1ccc(F)cc1. The van der Waals surface area contributed by atoms with Crippen LogP contribution in [0.4, 0.5) is 4.39 Å². The van der Waals surface area contributed by atoms with Crippen molar-refractivity contribution in [1.29, 1.82) is 0 Å². The molecule has 10 heteroatoms. The Morgan fingerprint density at radius 2 is 1.74 bits per heavy atom. The van der Waals surface area contributed by atoms with E-state index in [-0.39, 0.29) is 54.1 Å². The first-order valence-corrected chi connectivity index (χ1v) is 13.2. The van der Waals surface area contributed by atoms with E-state index in [4.69, 9.17) is 0 Å². The van der Waals surface area contributed by atoms with Crippen molar-refractivity contribution in [2.45, 2.75) is 51.0 Å². The van der Waals surface area contributed by atoms with Crippen molar-refractivity contribution in [2.75, 3.05) is 20.1 Å². The summed E-state index contributed by atoms with van der Waals surface area (Å²) in [6.45, 7) is 4.62. The largest absolute Gasteiger partial charge is 0.350 e. The van der Waals surface area contributed by atoms with Crippen LogP contribution >= 0.6 is 0 Å². The lowest BCUT2D eigenvalue weighted by Crippen LogP contribution is -2.62. The Bertz CT molecular complexity index is 1350. The van der Waals surface area contributed by atoms with Crippen molar-refractivity contribution in [3.05, 3.63) is 89.0 Å². The fraction of sp³-hybridized carbons (Fsp3) is 0.379. The number of fused-ring (bicyclic) bond motifs is 1. The minimum Gasteiger partial charge on any atom is -0.350 e. The van der Waals surface area contributed by atoms with Gasteiger partial charge in [0.2, 0.25) is 5.91 Å². The van der Waals surface area contributed by atoms with E-state index in [1.165, 1.54) is 33.3 Å². The summed E-state index contributed by atoms with van der Waals surface area (Å²) in [5, 5.41) is 10.3. The molecule has 204 valence electrons. The third kappa shape index (κ3) is 5.70. The molecule has 2 aromatic carbocycles. The van der Waals surface area contributed by atoms with Gasteiger partial charge < -0.3 is 15.5 Å². The molecule has 3 aromatic rings. The molecule has 0 saturated carbocycles. The Labute approximate surface area is 227 Å². The first-order valence-electron chi connectivity index (χ1n) is 13.2. The summed E-state index contributed by atoms with van der Waals surface area (Å²) in [5.41, 5.74) is 1.23. The number of rotatable bonds is 7. The first kappa shape index (κ1) is 26.6. The van der Waals surface area contributed by atoms with E-state index in [0.29, 0.717) is 0 Å². The monoisotopic (exact) mass is 532 g/mol. The second kappa shape index (κ2) is 11.0. The molecule has 0 spiro atoms. The number of hydrogen-bond donors (Lipinski definition) is 2. The fourth-order valence-corrected chi connectivity index (χ4v) is 5.15. The van der Waals surface area contributed by atoms with Crippen LogP contribution in [0.25, 0.3) is 0 Å². The highest BCUT2D eigenvalue weighted by atomic mass is 19.1. The van der Waals surface area contributed by atoms with Gasteiger partial charge in [0.1, 0.15) is 17.1 Å². The van der Waals surface area contributed by atoms with E-state index >= 15 is 0 Å². The zero-order valence-corrected chi connectivity index (χ0v) is 22.2. The highest BCUT2D eigenvalue weighted by molar-refractivity contribution is 6.01. The van der Waals surface area contributed by atoms with Gasteiger partial charge in [-0.3, -0.25) is 24.0 Å². The van der Waals surface area contributed by atoms with Crippen LogP contribution in [-0.4, -0.2) is 69.0 Å². The summed E-state index contributed by atoms with van der Waals surface area (Å²) in [4.78, 5) is 43.1. The highest BCUT2D eigenvalue weighted by Gasteiger charge is 2.46. The van der Waals surface area contributed by atoms with E-state index in [1.54, 1.807) is 26.1 Å². The van der Waals surface area contributed by atoms with Crippen LogP contribution in [0.3, 0.4) is 0 Å². The summed E-state index contributed by atoms with van der Waals surface area (Å²) in [6.07, 6.45) is 1.67. The number of carbonyl (C=O) groups excluding carboxylic acids is 3. The molecule has 39 heavy (non-hydrogen) atoms. The zero-order valence-electron chi connectivity index (χ0n) is 22.2. The molecule has 3 heterocycles. The van der Waals surface area contributed by atoms with Crippen LogP contribution in [0.1, 0.15) is 51.9 Å². The van der Waals surface area contributed by atoms with Gasteiger partial charge in [-0.15, -0.1) is 0 Å². The van der Waals surface area contributed by atoms with Crippen molar-refractivity contribution in [1.82, 2.24) is 30.2 Å². The number of nitrogens with one attached hydrogen (secondary N) is 2. The van der Waals surface area contributed by atoms with Crippen LogP contribution in [0, 0.1) is 5.82 Å². The normalized spacial score (nSPS) is 20.0. The van der Waals surface area contributed by atoms with Gasteiger partial charge in [-0.2, -0.15) is 5.10 Å². The number of likely N-dealkylation sites (tertiary alicyclic amines) is 1. The quantitative estimate of drug-likeness (QED) is 0.487. The molecule has 0 bridgehead atoms. The van der Waals surface area contributed by atoms with Crippen molar-refractivity contribution < 1.29 is 18.8 Å². The van der Waals surface area contributed by atoms with Gasteiger partial charge in [-0.25, -0.2) is 4.39 Å². The van der Waals surface area contributed by atoms with Crippen LogP contribution in [0.2, 0.25) is 0 Å². The molecule has 1 fully saturated rings. The number of piperidine rings is 1. The molecule has 9 nitrogen and oxygen atoms in total. The molecule has 2 N–H and O–H groups in total. The second-order valence-corrected chi connectivity index (χ2v) is 10.5. The number of amides is 3. The Morgan fingerprint density at radius 3 is 2.44 bits per heavy atom. The minimum absolute atomic E-state index is 0.0316. The predicted molar refractivity (Wildman–Crippen MR) is 143 cm³/mol. The molecular weight excluding hydrogens is 499 g/mol. The number of likely N-dealkylation sites (N-methyl/N-ethyl adjacent to an activating group) is 1. The Morgan fingerprint density at radius 1 is 1.05 bits per heavy atom. The van der Waals surface area contributed by atoms with Gasteiger partial charge in [0.25, 0.3) is 11.8 Å².